The van der Waals surface area contributed by atoms with Crippen molar-refractivity contribution in [2.24, 2.45) is 5.92 Å². The Hall–Kier alpha value is -1.83. The van der Waals surface area contributed by atoms with Gasteiger partial charge < -0.3 is 10.5 Å². The van der Waals surface area contributed by atoms with Crippen LogP contribution in [0.15, 0.2) is 15.8 Å². The molecule has 2 aliphatic carbocycles. The molecule has 0 amide bonds. The number of hydrogen-bond donors (Lipinski definition) is 1. The van der Waals surface area contributed by atoms with E-state index in [4.69, 9.17) is 10.5 Å². The zero-order valence-electron chi connectivity index (χ0n) is 15.9. The summed E-state index contributed by atoms with van der Waals surface area (Å²) in [6, 6.07) is 0.645. The lowest BCUT2D eigenvalue weighted by atomic mass is 9.84. The summed E-state index contributed by atoms with van der Waals surface area (Å²) in [5.74, 6) is -0.159. The van der Waals surface area contributed by atoms with Gasteiger partial charge in [-0.25, -0.2) is 13.2 Å². The Kier molecular flexibility index (Phi) is 5.65. The average Bonchev–Trinajstić information content (AvgIpc) is 3.49. The molecule has 0 aromatic carbocycles. The van der Waals surface area contributed by atoms with Crippen LogP contribution in [-0.2, 0) is 19.4 Å². The molecule has 0 saturated heterocycles. The monoisotopic (exact) mass is 396 g/mol. The van der Waals surface area contributed by atoms with Crippen molar-refractivity contribution in [3.05, 3.63) is 22.1 Å². The third kappa shape index (κ3) is 3.90. The Morgan fingerprint density at radius 3 is 2.44 bits per heavy atom. The molecule has 27 heavy (non-hydrogen) atoms. The van der Waals surface area contributed by atoms with E-state index in [1.807, 2.05) is 0 Å². The van der Waals surface area contributed by atoms with Crippen LogP contribution in [0.5, 0.6) is 0 Å². The van der Waals surface area contributed by atoms with E-state index in [0.29, 0.717) is 30.9 Å². The number of ether oxygens (including phenoxy) is 1. The molecule has 1 heterocycles. The van der Waals surface area contributed by atoms with Crippen LogP contribution in [0, 0.1) is 12.8 Å². The molecule has 2 N–H and O–H groups in total. The summed E-state index contributed by atoms with van der Waals surface area (Å²) in [5, 5.41) is -0.451. The molecule has 0 radical (unpaired) electrons. The lowest BCUT2D eigenvalue weighted by Crippen LogP contribution is -2.36. The number of hydrogen-bond acceptors (Lipinski definition) is 6. The van der Waals surface area contributed by atoms with Crippen LogP contribution in [0.2, 0.25) is 0 Å². The molecule has 0 spiro atoms. The van der Waals surface area contributed by atoms with Crippen LogP contribution < -0.4 is 11.3 Å². The number of esters is 1. The van der Waals surface area contributed by atoms with Crippen molar-refractivity contribution >= 4 is 21.5 Å². The smallest absolute Gasteiger partial charge is 0.328 e. The second kappa shape index (κ2) is 7.66. The van der Waals surface area contributed by atoms with Gasteiger partial charge in [0.2, 0.25) is 0 Å². The second-order valence-corrected chi connectivity index (χ2v) is 9.96. The van der Waals surface area contributed by atoms with E-state index in [2.05, 4.69) is 0 Å². The lowest BCUT2D eigenvalue weighted by molar-refractivity contribution is -0.145. The fourth-order valence-electron chi connectivity index (χ4n) is 4.09. The largest absolute Gasteiger partial charge is 0.467 e. The number of aryl methyl sites for hydroxylation is 1. The Balaban J connectivity index is 2.03. The fraction of sp³-hybridized carbons (Fsp3) is 0.684. The Morgan fingerprint density at radius 2 is 1.89 bits per heavy atom. The van der Waals surface area contributed by atoms with E-state index in [9.17, 15) is 18.0 Å². The number of nitrogens with two attached hydrogens (primary N) is 1. The van der Waals surface area contributed by atoms with Gasteiger partial charge in [-0.05, 0) is 38.2 Å². The summed E-state index contributed by atoms with van der Waals surface area (Å²) in [7, 11) is -2.29. The molecule has 2 saturated carbocycles. The number of sulfone groups is 1. The van der Waals surface area contributed by atoms with Gasteiger partial charge in [0.15, 0.2) is 9.84 Å². The van der Waals surface area contributed by atoms with Gasteiger partial charge in [-0.2, -0.15) is 0 Å². The molecule has 7 nitrogen and oxygen atoms in total. The topological polar surface area (TPSA) is 108 Å². The van der Waals surface area contributed by atoms with E-state index in [1.54, 1.807) is 6.92 Å². The second-order valence-electron chi connectivity index (χ2n) is 7.76. The van der Waals surface area contributed by atoms with Crippen LogP contribution in [-0.4, -0.2) is 31.3 Å². The Labute approximate surface area is 159 Å². The normalized spacial score (nSPS) is 19.6. The summed E-state index contributed by atoms with van der Waals surface area (Å²) in [5.41, 5.74) is 5.44. The first-order chi connectivity index (χ1) is 12.8. The first-order valence-corrected chi connectivity index (χ1v) is 11.1. The third-order valence-corrected chi connectivity index (χ3v) is 8.07. The zero-order valence-corrected chi connectivity index (χ0v) is 16.8. The fourth-order valence-corrected chi connectivity index (χ4v) is 5.94. The van der Waals surface area contributed by atoms with Gasteiger partial charge in [-0.15, -0.1) is 0 Å². The van der Waals surface area contributed by atoms with Crippen molar-refractivity contribution < 1.29 is 17.9 Å². The molecule has 1 aromatic rings. The van der Waals surface area contributed by atoms with Gasteiger partial charge in [0.05, 0.1) is 17.3 Å². The third-order valence-electron chi connectivity index (χ3n) is 5.77. The number of pyridine rings is 1. The number of nitrogen functional groups attached to an aromatic ring is 1. The highest BCUT2D eigenvalue weighted by molar-refractivity contribution is 7.92. The number of carbonyl (C=O) groups excluding carboxylic acids is 1. The number of aromatic nitrogens is 1. The SMILES string of the molecule is COC(=O)C(CC1CCCCC1)n1c(C)cc(S(=O)(=O)C2CC2)c(N)c1=O. The quantitative estimate of drug-likeness (QED) is 0.740. The first kappa shape index (κ1) is 19.9. The van der Waals surface area contributed by atoms with Crippen LogP contribution >= 0.6 is 0 Å². The molecule has 1 atom stereocenters. The molecule has 0 bridgehead atoms. The van der Waals surface area contributed by atoms with Gasteiger partial charge in [0.1, 0.15) is 11.7 Å². The van der Waals surface area contributed by atoms with Crippen molar-refractivity contribution in [3.63, 3.8) is 0 Å². The van der Waals surface area contributed by atoms with Crippen LogP contribution in [0.4, 0.5) is 5.69 Å². The molecule has 1 aromatic heterocycles. The molecule has 2 fully saturated rings. The highest BCUT2D eigenvalue weighted by Crippen LogP contribution is 2.36. The summed E-state index contributed by atoms with van der Waals surface area (Å²) >= 11 is 0. The van der Waals surface area contributed by atoms with Crippen molar-refractivity contribution in [2.75, 3.05) is 12.8 Å². The number of anilines is 1. The predicted molar refractivity (Wildman–Crippen MR) is 102 cm³/mol. The number of methoxy groups -OCH3 is 1. The molecule has 150 valence electrons. The first-order valence-electron chi connectivity index (χ1n) is 9.60. The van der Waals surface area contributed by atoms with Gasteiger partial charge in [0.25, 0.3) is 5.56 Å². The zero-order chi connectivity index (χ0) is 19.8. The maximum atomic E-state index is 13.0. The standard InChI is InChI=1S/C19H28N2O5S/c1-12-10-16(27(24,25)14-8-9-14)17(20)18(22)21(12)15(19(23)26-2)11-13-6-4-3-5-7-13/h10,13-15H,3-9,11,20H2,1-2H3. The molecule has 8 heteroatoms. The average molecular weight is 397 g/mol. The van der Waals surface area contributed by atoms with Crippen molar-refractivity contribution in [3.8, 4) is 0 Å². The van der Waals surface area contributed by atoms with Gasteiger partial charge >= 0.3 is 5.97 Å². The Morgan fingerprint density at radius 1 is 1.26 bits per heavy atom. The van der Waals surface area contributed by atoms with Crippen molar-refractivity contribution in [2.45, 2.75) is 74.5 Å². The number of rotatable bonds is 6. The summed E-state index contributed by atoms with van der Waals surface area (Å²) in [6.45, 7) is 1.64. The maximum Gasteiger partial charge on any atom is 0.328 e. The van der Waals surface area contributed by atoms with Gasteiger partial charge in [-0.3, -0.25) is 9.36 Å². The van der Waals surface area contributed by atoms with Gasteiger partial charge in [0, 0.05) is 5.69 Å². The van der Waals surface area contributed by atoms with E-state index in [-0.39, 0.29) is 10.6 Å². The van der Waals surface area contributed by atoms with E-state index in [1.165, 1.54) is 24.2 Å². The highest BCUT2D eigenvalue weighted by atomic mass is 32.2. The molecule has 0 aliphatic heterocycles. The molecular weight excluding hydrogens is 368 g/mol. The predicted octanol–water partition coefficient (Wildman–Crippen LogP) is 2.36. The Bertz CT molecular complexity index is 880. The van der Waals surface area contributed by atoms with Crippen LogP contribution in [0.1, 0.15) is 63.1 Å². The molecular formula is C19H28N2O5S. The molecule has 3 rings (SSSR count). The van der Waals surface area contributed by atoms with E-state index in [0.717, 1.165) is 25.7 Å². The van der Waals surface area contributed by atoms with E-state index < -0.39 is 32.7 Å². The summed E-state index contributed by atoms with van der Waals surface area (Å²) in [6.07, 6.45) is 7.16. The molecule has 2 aliphatic rings. The summed E-state index contributed by atoms with van der Waals surface area (Å²) in [4.78, 5) is 25.3. The minimum absolute atomic E-state index is 0.106. The van der Waals surface area contributed by atoms with E-state index >= 15 is 0 Å². The van der Waals surface area contributed by atoms with Crippen LogP contribution in [0.25, 0.3) is 0 Å². The highest BCUT2D eigenvalue weighted by Gasteiger charge is 2.39. The maximum absolute atomic E-state index is 13.0. The molecule has 1 unspecified atom stereocenters. The lowest BCUT2D eigenvalue weighted by Gasteiger charge is -2.28. The number of carbonyl (C=O) groups is 1. The van der Waals surface area contributed by atoms with Crippen LogP contribution in [0.3, 0.4) is 0 Å². The van der Waals surface area contributed by atoms with Crippen molar-refractivity contribution in [1.29, 1.82) is 0 Å². The van der Waals surface area contributed by atoms with Crippen molar-refractivity contribution in [1.82, 2.24) is 4.57 Å². The minimum atomic E-state index is -3.59. The number of nitrogens with zero attached hydrogens (tertiary/aromatic N) is 1. The minimum Gasteiger partial charge on any atom is -0.467 e. The summed E-state index contributed by atoms with van der Waals surface area (Å²) < 4.78 is 31.4. The van der Waals surface area contributed by atoms with Gasteiger partial charge in [-0.1, -0.05) is 32.1 Å².